The molecule has 0 saturated heterocycles. The molecule has 4 aromatic rings. The molecular weight excluding hydrogens is 455 g/mol. The number of halogens is 4. The second kappa shape index (κ2) is 9.16. The zero-order valence-electron chi connectivity index (χ0n) is 17.4. The Balaban J connectivity index is 1.58. The number of aromatic nitrogens is 5. The first kappa shape index (κ1) is 22.7. The fourth-order valence-electron chi connectivity index (χ4n) is 3.25. The van der Waals surface area contributed by atoms with Crippen LogP contribution in [-0.4, -0.2) is 31.5 Å². The Bertz CT molecular complexity index is 1240. The van der Waals surface area contributed by atoms with Crippen LogP contribution in [0.5, 0.6) is 0 Å². The van der Waals surface area contributed by atoms with Crippen molar-refractivity contribution in [1.82, 2.24) is 24.9 Å². The van der Waals surface area contributed by atoms with Gasteiger partial charge in [0.15, 0.2) is 0 Å². The van der Waals surface area contributed by atoms with Gasteiger partial charge in [0.2, 0.25) is 5.95 Å². The maximum Gasteiger partial charge on any atom is 0.417 e. The number of aryl methyl sites for hydroxylation is 1. The van der Waals surface area contributed by atoms with E-state index in [9.17, 15) is 13.2 Å². The molecule has 3 aromatic heterocycles. The van der Waals surface area contributed by atoms with E-state index in [0.29, 0.717) is 33.7 Å². The number of benzene rings is 1. The predicted octanol–water partition coefficient (Wildman–Crippen LogP) is 5.02. The van der Waals surface area contributed by atoms with E-state index in [1.54, 1.807) is 24.7 Å². The number of pyridine rings is 1. The third-order valence-corrected chi connectivity index (χ3v) is 5.19. The van der Waals surface area contributed by atoms with Crippen LogP contribution in [0.25, 0.3) is 22.6 Å². The average molecular weight is 474 g/mol. The molecule has 33 heavy (non-hydrogen) atoms. The van der Waals surface area contributed by atoms with Gasteiger partial charge in [0.1, 0.15) is 5.82 Å². The Morgan fingerprint density at radius 3 is 2.55 bits per heavy atom. The quantitative estimate of drug-likeness (QED) is 0.363. The summed E-state index contributed by atoms with van der Waals surface area (Å²) in [6.07, 6.45) is 1.30. The molecule has 0 aliphatic carbocycles. The number of imidazole rings is 1. The van der Waals surface area contributed by atoms with Gasteiger partial charge in [0, 0.05) is 41.9 Å². The highest BCUT2D eigenvalue weighted by atomic mass is 35.5. The van der Waals surface area contributed by atoms with Crippen molar-refractivity contribution in [3.8, 4) is 22.6 Å². The Morgan fingerprint density at radius 2 is 1.91 bits per heavy atom. The summed E-state index contributed by atoms with van der Waals surface area (Å²) in [5, 5.41) is 3.64. The van der Waals surface area contributed by atoms with Crippen LogP contribution in [0.2, 0.25) is 5.02 Å². The van der Waals surface area contributed by atoms with Gasteiger partial charge in [0.05, 0.1) is 28.6 Å². The zero-order valence-corrected chi connectivity index (χ0v) is 18.1. The summed E-state index contributed by atoms with van der Waals surface area (Å²) in [5.74, 6) is 0.911. The number of hydrogen-bond donors (Lipinski definition) is 3. The number of nitrogens with one attached hydrogen (secondary N) is 2. The Kier molecular flexibility index (Phi) is 6.30. The predicted molar refractivity (Wildman–Crippen MR) is 119 cm³/mol. The Hall–Kier alpha value is -3.50. The summed E-state index contributed by atoms with van der Waals surface area (Å²) in [4.78, 5) is 20.2. The molecule has 1 atom stereocenters. The second-order valence-corrected chi connectivity index (χ2v) is 7.75. The lowest BCUT2D eigenvalue weighted by Crippen LogP contribution is -2.23. The fraction of sp³-hybridized carbons (Fsp3) is 0.182. The lowest BCUT2D eigenvalue weighted by molar-refractivity contribution is -0.137. The number of rotatable bonds is 6. The smallest absolute Gasteiger partial charge is 0.352 e. The lowest BCUT2D eigenvalue weighted by Gasteiger charge is -2.15. The van der Waals surface area contributed by atoms with E-state index in [0.717, 1.165) is 23.4 Å². The van der Waals surface area contributed by atoms with Crippen LogP contribution in [0.1, 0.15) is 22.9 Å². The first-order chi connectivity index (χ1) is 15.7. The number of anilines is 1. The van der Waals surface area contributed by atoms with Gasteiger partial charge in [-0.1, -0.05) is 17.7 Å². The summed E-state index contributed by atoms with van der Waals surface area (Å²) in [6, 6.07) is 7.04. The number of aromatic amines is 1. The molecule has 4 rings (SSSR count). The Labute approximate surface area is 192 Å². The van der Waals surface area contributed by atoms with E-state index in [1.165, 1.54) is 6.07 Å². The summed E-state index contributed by atoms with van der Waals surface area (Å²) in [6.45, 7) is 2.09. The van der Waals surface area contributed by atoms with Crippen LogP contribution < -0.4 is 11.1 Å². The van der Waals surface area contributed by atoms with E-state index in [-0.39, 0.29) is 6.54 Å². The van der Waals surface area contributed by atoms with E-state index < -0.39 is 17.8 Å². The van der Waals surface area contributed by atoms with Crippen LogP contribution in [0, 0.1) is 6.92 Å². The molecule has 1 unspecified atom stereocenters. The number of nitrogens with two attached hydrogens (primary N) is 1. The molecule has 7 nitrogen and oxygen atoms in total. The molecule has 0 aliphatic rings. The van der Waals surface area contributed by atoms with Crippen LogP contribution >= 0.6 is 11.6 Å². The molecule has 11 heteroatoms. The highest BCUT2D eigenvalue weighted by Gasteiger charge is 2.30. The summed E-state index contributed by atoms with van der Waals surface area (Å²) in [5.41, 5.74) is 8.71. The Morgan fingerprint density at radius 1 is 1.09 bits per heavy atom. The zero-order chi connectivity index (χ0) is 23.6. The van der Waals surface area contributed by atoms with Gasteiger partial charge in [-0.15, -0.1) is 0 Å². The molecule has 0 amide bonds. The lowest BCUT2D eigenvalue weighted by atomic mass is 10.0. The molecule has 0 fully saturated rings. The third kappa shape index (κ3) is 5.12. The van der Waals surface area contributed by atoms with Gasteiger partial charge < -0.3 is 16.0 Å². The summed E-state index contributed by atoms with van der Waals surface area (Å²) >= 11 is 6.11. The van der Waals surface area contributed by atoms with Crippen molar-refractivity contribution in [3.05, 3.63) is 77.0 Å². The maximum absolute atomic E-state index is 12.7. The number of hydrogen-bond acceptors (Lipinski definition) is 6. The minimum absolute atomic E-state index is 0.164. The van der Waals surface area contributed by atoms with Gasteiger partial charge in [-0.25, -0.2) is 15.0 Å². The van der Waals surface area contributed by atoms with Gasteiger partial charge in [-0.3, -0.25) is 4.98 Å². The summed E-state index contributed by atoms with van der Waals surface area (Å²) < 4.78 is 38.2. The molecular formula is C22H19ClF3N7. The van der Waals surface area contributed by atoms with Gasteiger partial charge in [0.25, 0.3) is 0 Å². The minimum atomic E-state index is -4.45. The maximum atomic E-state index is 12.7. The molecule has 0 radical (unpaired) electrons. The monoisotopic (exact) mass is 473 g/mol. The van der Waals surface area contributed by atoms with Crippen molar-refractivity contribution < 1.29 is 13.2 Å². The highest BCUT2D eigenvalue weighted by molar-refractivity contribution is 6.30. The topological polar surface area (TPSA) is 105 Å². The molecule has 4 N–H and O–H groups in total. The molecule has 1 aromatic carbocycles. The van der Waals surface area contributed by atoms with E-state index >= 15 is 0 Å². The van der Waals surface area contributed by atoms with Crippen molar-refractivity contribution in [2.24, 2.45) is 5.73 Å². The van der Waals surface area contributed by atoms with Crippen LogP contribution in [0.3, 0.4) is 0 Å². The van der Waals surface area contributed by atoms with Crippen molar-refractivity contribution in [3.63, 3.8) is 0 Å². The number of H-pyrrole nitrogens is 1. The average Bonchev–Trinajstić information content (AvgIpc) is 3.31. The highest BCUT2D eigenvalue weighted by Crippen LogP contribution is 2.32. The van der Waals surface area contributed by atoms with E-state index in [4.69, 9.17) is 17.3 Å². The normalized spacial score (nSPS) is 12.5. The standard InChI is InChI=1S/C22H19ClF3N7/c1-12-8-14(23)3-4-15(12)19-16(20-28-6-7-29-20)10-31-21(33-19)32-11-17(27)18-5-2-13(9-30-18)22(24,25)26/h2-10,17H,11,27H2,1H3,(H,28,29)(H,31,32,33). The van der Waals surface area contributed by atoms with Crippen molar-refractivity contribution in [1.29, 1.82) is 0 Å². The third-order valence-electron chi connectivity index (χ3n) is 4.96. The van der Waals surface area contributed by atoms with Crippen molar-refractivity contribution >= 4 is 17.5 Å². The van der Waals surface area contributed by atoms with E-state index in [2.05, 4.69) is 30.2 Å². The number of nitrogens with zero attached hydrogens (tertiary/aromatic N) is 4. The van der Waals surface area contributed by atoms with Gasteiger partial charge in [-0.2, -0.15) is 13.2 Å². The second-order valence-electron chi connectivity index (χ2n) is 7.31. The minimum Gasteiger partial charge on any atom is -0.352 e. The molecule has 0 spiro atoms. The SMILES string of the molecule is Cc1cc(Cl)ccc1-c1nc(NCC(N)c2ccc(C(F)(F)F)cn2)ncc1-c1ncc[nH]1. The molecule has 3 heterocycles. The largest absolute Gasteiger partial charge is 0.417 e. The fourth-order valence-corrected chi connectivity index (χ4v) is 3.48. The first-order valence-corrected chi connectivity index (χ1v) is 10.3. The van der Waals surface area contributed by atoms with Crippen LogP contribution in [0.4, 0.5) is 19.1 Å². The van der Waals surface area contributed by atoms with Crippen molar-refractivity contribution in [2.75, 3.05) is 11.9 Å². The molecule has 170 valence electrons. The van der Waals surface area contributed by atoms with Gasteiger partial charge >= 0.3 is 6.18 Å². The molecule has 0 bridgehead atoms. The van der Waals surface area contributed by atoms with Crippen molar-refractivity contribution in [2.45, 2.75) is 19.1 Å². The van der Waals surface area contributed by atoms with Gasteiger partial charge in [-0.05, 0) is 36.8 Å². The molecule has 0 aliphatic heterocycles. The first-order valence-electron chi connectivity index (χ1n) is 9.88. The van der Waals surface area contributed by atoms with Crippen LogP contribution in [-0.2, 0) is 6.18 Å². The van der Waals surface area contributed by atoms with Crippen LogP contribution in [0.15, 0.2) is 55.1 Å². The molecule has 0 saturated carbocycles. The summed E-state index contributed by atoms with van der Waals surface area (Å²) in [7, 11) is 0. The number of alkyl halides is 3. The van der Waals surface area contributed by atoms with E-state index in [1.807, 2.05) is 19.1 Å².